The van der Waals surface area contributed by atoms with Crippen LogP contribution < -0.4 is 39.0 Å². The first-order valence-electron chi connectivity index (χ1n) is 27.9. The van der Waals surface area contributed by atoms with E-state index in [4.69, 9.17) is 32.9 Å². The Morgan fingerprint density at radius 3 is 1.14 bits per heavy atom. The predicted octanol–water partition coefficient (Wildman–Crippen LogP) is 11.8. The topological polar surface area (TPSA) is 217 Å². The second kappa shape index (κ2) is 33.6. The van der Waals surface area contributed by atoms with Crippen molar-refractivity contribution in [2.24, 2.45) is 0 Å². The zero-order valence-electron chi connectivity index (χ0n) is 52.1. The van der Waals surface area contributed by atoms with E-state index in [2.05, 4.69) is 41.2 Å². The van der Waals surface area contributed by atoms with Crippen LogP contribution in [0.1, 0.15) is 92.1 Å². The second-order valence-electron chi connectivity index (χ2n) is 21.6. The summed E-state index contributed by atoms with van der Waals surface area (Å²) in [7, 11) is 1.00. The molecular weight excluding hydrogens is 1310 g/mol. The summed E-state index contributed by atoms with van der Waals surface area (Å²) < 4.78 is 146. The van der Waals surface area contributed by atoms with E-state index in [9.17, 15) is 54.2 Å². The van der Waals surface area contributed by atoms with Gasteiger partial charge in [0.25, 0.3) is 0 Å². The molecule has 0 amide bonds. The Hall–Kier alpha value is -7.11. The van der Waals surface area contributed by atoms with Gasteiger partial charge in [0.05, 0.1) is 40.4 Å². The van der Waals surface area contributed by atoms with Crippen LogP contribution in [-0.4, -0.2) is 104 Å². The molecule has 0 radical (unpaired) electrons. The molecule has 0 bridgehead atoms. The number of aliphatic hydroxyl groups is 1. The number of esters is 1. The Labute approximate surface area is 555 Å². The molecule has 0 saturated carbocycles. The smallest absolute Gasteiger partial charge is 1.00 e. The number of rotatable bonds is 15. The molecule has 16 nitrogen and oxygen atoms in total. The van der Waals surface area contributed by atoms with Crippen LogP contribution in [0.2, 0.25) is 0 Å². The number of carbonyl (C=O) groups excluding carboxylic acids is 1. The number of aliphatic hydroxyl groups excluding tert-OH is 1. The summed E-state index contributed by atoms with van der Waals surface area (Å²) in [5.74, 6) is 1.02. The maximum Gasteiger partial charge on any atom is 1.00 e. The van der Waals surface area contributed by atoms with Crippen molar-refractivity contribution in [2.75, 3.05) is 39.9 Å². The number of aromatic nitrogens is 3. The third kappa shape index (κ3) is 21.5. The minimum atomic E-state index is -4.38. The number of alkyl halides is 10. The normalized spacial score (nSPS) is 13.5. The number of fused-ring (bicyclic) bond motifs is 2. The van der Waals surface area contributed by atoms with Gasteiger partial charge in [-0.1, -0.05) is 79.9 Å². The summed E-state index contributed by atoms with van der Waals surface area (Å²) in [6, 6.07) is 31.2. The third-order valence-electron chi connectivity index (χ3n) is 14.2. The summed E-state index contributed by atoms with van der Waals surface area (Å²) in [6.07, 6.45) is -9.84. The van der Waals surface area contributed by atoms with Crippen LogP contribution in [0.4, 0.5) is 44.2 Å². The van der Waals surface area contributed by atoms with Gasteiger partial charge in [-0.25, -0.2) is 9.59 Å². The van der Waals surface area contributed by atoms with E-state index in [1.165, 1.54) is 66.9 Å². The predicted molar refractivity (Wildman–Crippen MR) is 319 cm³/mol. The first-order valence-corrected chi connectivity index (χ1v) is 29.1. The molecule has 8 aromatic rings. The average molecular weight is 1380 g/mol. The van der Waals surface area contributed by atoms with Crippen molar-refractivity contribution in [3.63, 3.8) is 0 Å². The van der Waals surface area contributed by atoms with E-state index in [0.717, 1.165) is 107 Å². The Bertz CT molecular complexity index is 3620. The number of carboxylic acids is 1. The van der Waals surface area contributed by atoms with Crippen molar-refractivity contribution in [1.82, 2.24) is 25.3 Å². The van der Waals surface area contributed by atoms with Gasteiger partial charge < -0.3 is 44.9 Å². The van der Waals surface area contributed by atoms with Crippen molar-refractivity contribution >= 4 is 27.9 Å². The van der Waals surface area contributed by atoms with Gasteiger partial charge in [-0.15, -0.1) is 0 Å². The molecule has 0 saturated heterocycles. The van der Waals surface area contributed by atoms with E-state index in [-0.39, 0.29) is 41.2 Å². The van der Waals surface area contributed by atoms with Crippen molar-refractivity contribution in [1.29, 1.82) is 0 Å². The van der Waals surface area contributed by atoms with Gasteiger partial charge in [0.1, 0.15) is 11.5 Å². The fourth-order valence-corrected chi connectivity index (χ4v) is 9.67. The molecule has 3 aromatic heterocycles. The minimum absolute atomic E-state index is 0. The minimum Gasteiger partial charge on any atom is -1.00 e. The van der Waals surface area contributed by atoms with Crippen molar-refractivity contribution in [3.05, 3.63) is 183 Å². The summed E-state index contributed by atoms with van der Waals surface area (Å²) >= 11 is 3.21. The van der Waals surface area contributed by atoms with Gasteiger partial charge in [0.2, 0.25) is 0 Å². The van der Waals surface area contributed by atoms with Gasteiger partial charge in [0.15, 0.2) is 28.5 Å². The number of halogens is 11. The number of carbonyl (C=O) groups is 2. The Balaban J connectivity index is 0.000000370. The number of aliphatic carboxylic acids is 1. The van der Waals surface area contributed by atoms with Crippen LogP contribution in [0.3, 0.4) is 0 Å². The number of hydrogen-bond donors (Lipinski definition) is 2. The molecule has 5 aromatic carbocycles. The molecule has 0 atom stereocenters. The molecule has 0 fully saturated rings. The van der Waals surface area contributed by atoms with Crippen LogP contribution in [0.25, 0.3) is 34.0 Å². The summed E-state index contributed by atoms with van der Waals surface area (Å²) in [6.45, 7) is 12.8. The molecule has 0 unspecified atom stereocenters. The maximum atomic E-state index is 12.8. The number of nitrogens with zero attached hydrogens (tertiary/aromatic N) is 5. The first-order chi connectivity index (χ1) is 42.1. The number of carboxylic acid groups (broad SMARTS) is 1. The van der Waals surface area contributed by atoms with Crippen molar-refractivity contribution in [2.45, 2.75) is 108 Å². The van der Waals surface area contributed by atoms with E-state index in [1.54, 1.807) is 45.0 Å². The molecule has 494 valence electrons. The number of hydrogen-bond acceptors (Lipinski definition) is 15. The van der Waals surface area contributed by atoms with Gasteiger partial charge in [-0.2, -0.15) is 39.5 Å². The second-order valence-corrected chi connectivity index (χ2v) is 22.1. The zero-order valence-corrected chi connectivity index (χ0v) is 54.7. The standard InChI is InChI=1S/C27H29F3N2O4.C25H25F3N2O4.C11H7BrF3NO.CH4O.FH.Na.H2O.H/c1-4-34-25(33)26(2,3)35-23-10-7-18-11-13-32(14-12-20(18)15-23)17-22-16-24(36-31-22)19-5-8-21(9-6-19)27(28,29)30;1-24(2,23(31)32)33-21-8-5-16-9-11-30(12-10-18(16)13-21)15-20-14-22(34-29-20)17-3-6-19(7-4-17)25(26,27)28;12-6-9-5-10(17-16-9)7-1-3-8(4-2-7)11(13,14)15;1-2;;;;/h5-10,15-16H,4,11-14,17H2,1-3H3;3-8,13-14H,9-12,15H2,1-2H3,(H,31,32);1-5H,6H2;2H,1H3;1H;;1H2;/q;;;;;+1;;-1/p-1/i;;;;;;;1+2. The van der Waals surface area contributed by atoms with Crippen LogP contribution in [-0.2, 0) is 77.0 Å². The van der Waals surface area contributed by atoms with E-state index >= 15 is 0 Å². The average Bonchev–Trinajstić information content (AvgIpc) is 2.06. The third-order valence-corrected chi connectivity index (χ3v) is 14.8. The summed E-state index contributed by atoms with van der Waals surface area (Å²) in [4.78, 5) is 28.0. The van der Waals surface area contributed by atoms with Crippen LogP contribution in [0.5, 0.6) is 11.5 Å². The SMILES string of the molecule is CC(C)(Oc1ccc2c(c1)CCN(Cc1cc(-c3ccc(C(F)(F)F)cc3)on1)CC2)C(=O)O.CCOC(=O)C(C)(C)Oc1ccc2c(c1)CCN(Cc1cc(-c3ccc(C(F)(F)F)cc3)on1)CC2.CO.F.FC(F)(F)c1ccc(-c2cc(CBr)no2)cc1.[3H-].[Na+].[OH-]. The Morgan fingerprint density at radius 1 is 0.522 bits per heavy atom. The quantitative estimate of drug-likeness (QED) is 0.0422. The largest absolute Gasteiger partial charge is 1.00 e. The molecule has 0 aliphatic carbocycles. The van der Waals surface area contributed by atoms with Crippen molar-refractivity contribution < 1.29 is 128 Å². The zero-order chi connectivity index (χ0) is 64.9. The van der Waals surface area contributed by atoms with E-state index in [0.29, 0.717) is 81.9 Å². The molecule has 10 rings (SSSR count). The first kappa shape index (κ1) is 77.3. The van der Waals surface area contributed by atoms with Gasteiger partial charge in [0, 0.05) is 86.6 Å². The summed E-state index contributed by atoms with van der Waals surface area (Å²) in [5, 5.41) is 28.8. The monoisotopic (exact) mass is 1380 g/mol. The maximum absolute atomic E-state index is 12.8. The molecule has 92 heavy (non-hydrogen) atoms. The molecular formula is C64H68BrF10N5NaO11-. The molecule has 5 heterocycles. The number of benzene rings is 5. The van der Waals surface area contributed by atoms with Gasteiger partial charge in [-0.3, -0.25) is 14.5 Å². The molecule has 3 N–H and O–H groups in total. The number of ether oxygens (including phenoxy) is 3. The van der Waals surface area contributed by atoms with Crippen LogP contribution >= 0.6 is 15.9 Å². The molecule has 28 heteroatoms. The van der Waals surface area contributed by atoms with Crippen molar-refractivity contribution in [3.8, 4) is 45.5 Å². The van der Waals surface area contributed by atoms with Crippen LogP contribution in [0, 0.1) is 0 Å². The fraction of sp³-hybridized carbons (Fsp3) is 0.359. The van der Waals surface area contributed by atoms with Gasteiger partial charge >= 0.3 is 60.0 Å². The van der Waals surface area contributed by atoms with E-state index in [1.807, 2.05) is 30.3 Å². The molecule has 2 aliphatic heterocycles. The Kier molecular flexibility index (Phi) is 28.3. The van der Waals surface area contributed by atoms with Gasteiger partial charge in [-0.05, 0) is 143 Å². The molecule has 2 aliphatic rings. The molecule has 0 spiro atoms. The van der Waals surface area contributed by atoms with E-state index < -0.39 is 58.4 Å². The van der Waals surface area contributed by atoms with Crippen LogP contribution in [0.15, 0.2) is 141 Å². The summed E-state index contributed by atoms with van der Waals surface area (Å²) in [5.41, 5.74) is 3.97. The fourth-order valence-electron chi connectivity index (χ4n) is 9.40. The Morgan fingerprint density at radius 2 is 0.837 bits per heavy atom.